The van der Waals surface area contributed by atoms with Gasteiger partial charge in [-0.25, -0.2) is 13.3 Å². The summed E-state index contributed by atoms with van der Waals surface area (Å²) < 4.78 is 28.5. The molecule has 3 aromatic carbocycles. The molecular formula is C21H18N2O7S. The van der Waals surface area contributed by atoms with E-state index in [-0.39, 0.29) is 28.4 Å². The molecule has 3 rings (SSSR count). The van der Waals surface area contributed by atoms with Gasteiger partial charge in [-0.15, -0.1) is 0 Å². The molecule has 3 aromatic rings. The van der Waals surface area contributed by atoms with E-state index in [4.69, 9.17) is 4.74 Å². The standard InChI is InChI=1S/C21H18N2O7S/c1-13-3-5-15(6-4-13)22(31(28)29)20-10-8-17(12-18(20)21(24)25)30-16-7-9-19(23(26)27)14(2)11-16/h3-12H,1-2H3,(H,24,25)(H,28,29). The number of nitrogens with zero attached hydrogens (tertiary/aromatic N) is 2. The number of aromatic carboxylic acids is 1. The summed E-state index contributed by atoms with van der Waals surface area (Å²) in [6.45, 7) is 3.42. The molecule has 1 unspecified atom stereocenters. The van der Waals surface area contributed by atoms with Crippen molar-refractivity contribution in [3.63, 3.8) is 0 Å². The van der Waals surface area contributed by atoms with Gasteiger partial charge in [-0.1, -0.05) is 17.7 Å². The van der Waals surface area contributed by atoms with Crippen molar-refractivity contribution in [2.75, 3.05) is 4.31 Å². The zero-order valence-electron chi connectivity index (χ0n) is 16.5. The quantitative estimate of drug-likeness (QED) is 0.300. The molecule has 160 valence electrons. The Morgan fingerprint density at radius 3 is 2.19 bits per heavy atom. The number of ether oxygens (including phenoxy) is 1. The maximum absolute atomic E-state index is 12.0. The number of benzene rings is 3. The van der Waals surface area contributed by atoms with E-state index in [0.717, 1.165) is 9.87 Å². The molecule has 0 heterocycles. The van der Waals surface area contributed by atoms with Crippen LogP contribution in [0.4, 0.5) is 17.1 Å². The summed E-state index contributed by atoms with van der Waals surface area (Å²) in [5.74, 6) is -0.877. The van der Waals surface area contributed by atoms with Crippen LogP contribution in [0.2, 0.25) is 0 Å². The Hall–Kier alpha value is -3.76. The van der Waals surface area contributed by atoms with Crippen molar-refractivity contribution in [2.24, 2.45) is 0 Å². The third-order valence-corrected chi connectivity index (χ3v) is 5.16. The highest BCUT2D eigenvalue weighted by atomic mass is 32.2. The van der Waals surface area contributed by atoms with Crippen LogP contribution in [0.15, 0.2) is 60.7 Å². The third kappa shape index (κ3) is 4.87. The van der Waals surface area contributed by atoms with Gasteiger partial charge in [0.1, 0.15) is 11.5 Å². The molecule has 0 aliphatic heterocycles. The van der Waals surface area contributed by atoms with Gasteiger partial charge in [-0.3, -0.25) is 14.7 Å². The van der Waals surface area contributed by atoms with Crippen molar-refractivity contribution in [3.8, 4) is 11.5 Å². The lowest BCUT2D eigenvalue weighted by molar-refractivity contribution is -0.385. The fraction of sp³-hybridized carbons (Fsp3) is 0.0952. The number of hydrogen-bond acceptors (Lipinski definition) is 5. The number of anilines is 2. The Balaban J connectivity index is 2.00. The Morgan fingerprint density at radius 1 is 1.03 bits per heavy atom. The highest BCUT2D eigenvalue weighted by molar-refractivity contribution is 7.81. The largest absolute Gasteiger partial charge is 0.478 e. The van der Waals surface area contributed by atoms with E-state index in [9.17, 15) is 28.8 Å². The lowest BCUT2D eigenvalue weighted by Gasteiger charge is -2.22. The zero-order valence-corrected chi connectivity index (χ0v) is 17.3. The molecule has 0 radical (unpaired) electrons. The van der Waals surface area contributed by atoms with Gasteiger partial charge in [0.15, 0.2) is 0 Å². The lowest BCUT2D eigenvalue weighted by atomic mass is 10.1. The van der Waals surface area contributed by atoms with Crippen molar-refractivity contribution in [2.45, 2.75) is 13.8 Å². The van der Waals surface area contributed by atoms with Gasteiger partial charge in [0.2, 0.25) is 0 Å². The van der Waals surface area contributed by atoms with E-state index in [2.05, 4.69) is 0 Å². The minimum atomic E-state index is -2.53. The van der Waals surface area contributed by atoms with Gasteiger partial charge in [-0.05, 0) is 56.3 Å². The molecule has 0 fully saturated rings. The molecule has 1 atom stereocenters. The van der Waals surface area contributed by atoms with Gasteiger partial charge < -0.3 is 9.84 Å². The lowest BCUT2D eigenvalue weighted by Crippen LogP contribution is -2.21. The van der Waals surface area contributed by atoms with Gasteiger partial charge in [0.25, 0.3) is 17.0 Å². The summed E-state index contributed by atoms with van der Waals surface area (Å²) in [6.07, 6.45) is 0. The van der Waals surface area contributed by atoms with Crippen LogP contribution in [0.25, 0.3) is 0 Å². The van der Waals surface area contributed by atoms with E-state index in [1.54, 1.807) is 31.2 Å². The summed E-state index contributed by atoms with van der Waals surface area (Å²) in [5, 5.41) is 20.6. The number of nitro benzene ring substituents is 1. The predicted molar refractivity (Wildman–Crippen MR) is 115 cm³/mol. The second-order valence-electron chi connectivity index (χ2n) is 6.65. The molecule has 0 aliphatic carbocycles. The molecule has 9 nitrogen and oxygen atoms in total. The summed E-state index contributed by atoms with van der Waals surface area (Å²) in [6, 6.07) is 14.9. The third-order valence-electron chi connectivity index (χ3n) is 4.44. The van der Waals surface area contributed by atoms with E-state index in [1.807, 2.05) is 6.92 Å². The number of nitro groups is 1. The first-order valence-corrected chi connectivity index (χ1v) is 10.0. The first-order valence-electron chi connectivity index (χ1n) is 8.95. The van der Waals surface area contributed by atoms with E-state index in [1.165, 1.54) is 36.4 Å². The minimum Gasteiger partial charge on any atom is -0.478 e. The fourth-order valence-corrected chi connectivity index (χ4v) is 3.58. The SMILES string of the molecule is Cc1ccc(N(c2ccc(Oc3ccc([N+](=O)[O-])c(C)c3)cc2C(=O)O)S(=O)O)cc1. The normalized spacial score (nSPS) is 11.6. The topological polar surface area (TPSA) is 130 Å². The first-order chi connectivity index (χ1) is 14.7. The fourth-order valence-electron chi connectivity index (χ4n) is 2.95. The van der Waals surface area contributed by atoms with Gasteiger partial charge >= 0.3 is 5.97 Å². The average Bonchev–Trinajstić information content (AvgIpc) is 2.70. The highest BCUT2D eigenvalue weighted by Gasteiger charge is 2.23. The van der Waals surface area contributed by atoms with Crippen LogP contribution in [-0.2, 0) is 11.3 Å². The monoisotopic (exact) mass is 442 g/mol. The Morgan fingerprint density at radius 2 is 1.65 bits per heavy atom. The molecule has 0 aliphatic rings. The van der Waals surface area contributed by atoms with Gasteiger partial charge in [-0.2, -0.15) is 0 Å². The molecule has 0 amide bonds. The Labute approximate surface area is 180 Å². The number of carboxylic acid groups (broad SMARTS) is 1. The first kappa shape index (κ1) is 21.9. The predicted octanol–water partition coefficient (Wildman–Crippen LogP) is 4.98. The summed E-state index contributed by atoms with van der Waals surface area (Å²) >= 11 is -2.53. The van der Waals surface area contributed by atoms with Gasteiger partial charge in [0, 0.05) is 11.6 Å². The van der Waals surface area contributed by atoms with Crippen LogP contribution < -0.4 is 9.04 Å². The minimum absolute atomic E-state index is 0.00409. The highest BCUT2D eigenvalue weighted by Crippen LogP contribution is 2.34. The number of carboxylic acids is 1. The molecule has 0 spiro atoms. The van der Waals surface area contributed by atoms with Crippen LogP contribution in [0.5, 0.6) is 11.5 Å². The molecule has 2 N–H and O–H groups in total. The molecule has 31 heavy (non-hydrogen) atoms. The van der Waals surface area contributed by atoms with Crippen molar-refractivity contribution in [1.82, 2.24) is 0 Å². The summed E-state index contributed by atoms with van der Waals surface area (Å²) in [4.78, 5) is 22.3. The maximum Gasteiger partial charge on any atom is 0.337 e. The van der Waals surface area contributed by atoms with Crippen LogP contribution in [0.3, 0.4) is 0 Å². The van der Waals surface area contributed by atoms with Crippen molar-refractivity contribution in [3.05, 3.63) is 87.5 Å². The maximum atomic E-state index is 12.0. The van der Waals surface area contributed by atoms with Crippen molar-refractivity contribution < 1.29 is 28.3 Å². The summed E-state index contributed by atoms with van der Waals surface area (Å²) in [5.41, 5.74) is 1.36. The second kappa shape index (κ2) is 8.94. The molecule has 0 aromatic heterocycles. The number of aryl methyl sites for hydroxylation is 2. The van der Waals surface area contributed by atoms with Crippen molar-refractivity contribution >= 4 is 34.3 Å². The van der Waals surface area contributed by atoms with Crippen molar-refractivity contribution in [1.29, 1.82) is 0 Å². The van der Waals surface area contributed by atoms with Crippen LogP contribution in [-0.4, -0.2) is 24.8 Å². The van der Waals surface area contributed by atoms with Gasteiger partial charge in [0.05, 0.1) is 21.9 Å². The molecular weight excluding hydrogens is 424 g/mol. The average molecular weight is 442 g/mol. The zero-order chi connectivity index (χ0) is 22.7. The molecule has 0 saturated heterocycles. The summed E-state index contributed by atoms with van der Waals surface area (Å²) in [7, 11) is 0. The molecule has 0 saturated carbocycles. The Bertz CT molecular complexity index is 1180. The van der Waals surface area contributed by atoms with Crippen LogP contribution >= 0.6 is 0 Å². The molecule has 10 heteroatoms. The Kier molecular flexibility index (Phi) is 6.33. The van der Waals surface area contributed by atoms with E-state index < -0.39 is 22.2 Å². The second-order valence-corrected chi connectivity index (χ2v) is 7.48. The van der Waals surface area contributed by atoms with E-state index >= 15 is 0 Å². The van der Waals surface area contributed by atoms with Crippen LogP contribution in [0.1, 0.15) is 21.5 Å². The van der Waals surface area contributed by atoms with E-state index in [0.29, 0.717) is 11.3 Å². The number of carbonyl (C=O) groups is 1. The molecule has 0 bridgehead atoms. The number of hydrogen-bond donors (Lipinski definition) is 2. The number of rotatable bonds is 7. The smallest absolute Gasteiger partial charge is 0.337 e. The van der Waals surface area contributed by atoms with Crippen LogP contribution in [0, 0.1) is 24.0 Å².